The maximum atomic E-state index is 14.5. The number of hydrogen-bond acceptors (Lipinski definition) is 4. The molecule has 0 fully saturated rings. The molecular formula is C23H28F2N4O. The number of halogens is 2. The van der Waals surface area contributed by atoms with Gasteiger partial charge in [-0.1, -0.05) is 51.1 Å². The number of aliphatic hydroxyl groups is 1. The van der Waals surface area contributed by atoms with Crippen molar-refractivity contribution in [1.82, 2.24) is 19.7 Å². The van der Waals surface area contributed by atoms with E-state index in [1.165, 1.54) is 29.0 Å². The van der Waals surface area contributed by atoms with Crippen molar-refractivity contribution in [2.75, 3.05) is 13.6 Å². The van der Waals surface area contributed by atoms with Gasteiger partial charge in [0, 0.05) is 24.7 Å². The van der Waals surface area contributed by atoms with Gasteiger partial charge in [0.2, 0.25) is 0 Å². The predicted molar refractivity (Wildman–Crippen MR) is 112 cm³/mol. The molecule has 0 saturated carbocycles. The van der Waals surface area contributed by atoms with Gasteiger partial charge in [-0.25, -0.2) is 18.4 Å². The Bertz CT molecular complexity index is 968. The summed E-state index contributed by atoms with van der Waals surface area (Å²) in [4.78, 5) is 5.79. The van der Waals surface area contributed by atoms with Gasteiger partial charge in [-0.05, 0) is 29.7 Å². The Morgan fingerprint density at radius 1 is 1.07 bits per heavy atom. The highest BCUT2D eigenvalue weighted by Crippen LogP contribution is 2.28. The molecule has 3 rings (SSSR count). The van der Waals surface area contributed by atoms with Crippen LogP contribution >= 0.6 is 0 Å². The third-order valence-electron chi connectivity index (χ3n) is 5.13. The molecule has 0 aliphatic carbocycles. The first-order valence-electron chi connectivity index (χ1n) is 9.85. The Hall–Kier alpha value is -2.64. The summed E-state index contributed by atoms with van der Waals surface area (Å²) >= 11 is 0. The van der Waals surface area contributed by atoms with Crippen LogP contribution in [0.4, 0.5) is 8.78 Å². The molecule has 2 aromatic carbocycles. The van der Waals surface area contributed by atoms with E-state index in [-0.39, 0.29) is 24.1 Å². The van der Waals surface area contributed by atoms with Crippen LogP contribution in [0.25, 0.3) is 0 Å². The molecule has 1 aromatic heterocycles. The summed E-state index contributed by atoms with van der Waals surface area (Å²) in [6, 6.07) is 11.5. The Kier molecular flexibility index (Phi) is 6.33. The van der Waals surface area contributed by atoms with Crippen molar-refractivity contribution in [2.24, 2.45) is 0 Å². The van der Waals surface area contributed by atoms with E-state index >= 15 is 0 Å². The standard InChI is InChI=1S/C23H28F2N4O/c1-22(2,3)18-7-5-17(6-8-18)12-28(4)13-23(30,14-29-16-26-15-27-29)20-10-9-19(24)11-21(20)25/h5-11,15-16,30H,12-14H2,1-4H3. The molecule has 1 N–H and O–H groups in total. The minimum Gasteiger partial charge on any atom is -0.382 e. The number of likely N-dealkylation sites (N-methyl/N-ethyl adjacent to an activating group) is 1. The number of hydrogen-bond donors (Lipinski definition) is 1. The molecule has 0 saturated heterocycles. The Morgan fingerprint density at radius 3 is 2.33 bits per heavy atom. The van der Waals surface area contributed by atoms with Gasteiger partial charge in [-0.3, -0.25) is 4.90 Å². The van der Waals surface area contributed by atoms with Crippen molar-refractivity contribution >= 4 is 0 Å². The van der Waals surface area contributed by atoms with E-state index in [0.717, 1.165) is 17.7 Å². The van der Waals surface area contributed by atoms with E-state index in [0.29, 0.717) is 6.54 Å². The zero-order valence-electron chi connectivity index (χ0n) is 17.8. The van der Waals surface area contributed by atoms with Gasteiger partial charge in [0.05, 0.1) is 6.54 Å². The first-order valence-corrected chi connectivity index (χ1v) is 9.85. The molecule has 0 bridgehead atoms. The molecule has 0 spiro atoms. The average Bonchev–Trinajstić information content (AvgIpc) is 3.13. The van der Waals surface area contributed by atoms with Crippen LogP contribution in [0, 0.1) is 11.6 Å². The summed E-state index contributed by atoms with van der Waals surface area (Å²) in [6.07, 6.45) is 2.81. The van der Waals surface area contributed by atoms with Crippen molar-refractivity contribution in [3.05, 3.63) is 83.4 Å². The zero-order valence-corrected chi connectivity index (χ0v) is 17.8. The number of aromatic nitrogens is 3. The highest BCUT2D eigenvalue weighted by atomic mass is 19.1. The lowest BCUT2D eigenvalue weighted by Gasteiger charge is -2.33. The summed E-state index contributed by atoms with van der Waals surface area (Å²) in [5.41, 5.74) is 0.793. The normalized spacial score (nSPS) is 14.1. The highest BCUT2D eigenvalue weighted by Gasteiger charge is 2.34. The van der Waals surface area contributed by atoms with Crippen LogP contribution in [0.3, 0.4) is 0 Å². The molecule has 1 heterocycles. The van der Waals surface area contributed by atoms with E-state index in [2.05, 4.69) is 55.1 Å². The number of nitrogens with zero attached hydrogens (tertiary/aromatic N) is 4. The zero-order chi connectivity index (χ0) is 21.9. The topological polar surface area (TPSA) is 54.2 Å². The van der Waals surface area contributed by atoms with Gasteiger partial charge in [0.15, 0.2) is 0 Å². The first kappa shape index (κ1) is 22.1. The van der Waals surface area contributed by atoms with Crippen molar-refractivity contribution in [3.63, 3.8) is 0 Å². The Balaban J connectivity index is 1.82. The molecule has 7 heteroatoms. The summed E-state index contributed by atoms with van der Waals surface area (Å²) in [7, 11) is 1.85. The van der Waals surface area contributed by atoms with Crippen LogP contribution in [-0.2, 0) is 24.1 Å². The molecule has 1 atom stereocenters. The highest BCUT2D eigenvalue weighted by molar-refractivity contribution is 5.28. The molecule has 3 aromatic rings. The van der Waals surface area contributed by atoms with Gasteiger partial charge in [0.25, 0.3) is 0 Å². The van der Waals surface area contributed by atoms with Crippen LogP contribution < -0.4 is 0 Å². The summed E-state index contributed by atoms with van der Waals surface area (Å²) in [5.74, 6) is -1.48. The van der Waals surface area contributed by atoms with Gasteiger partial charge in [-0.2, -0.15) is 5.10 Å². The fourth-order valence-electron chi connectivity index (χ4n) is 3.59. The average molecular weight is 415 g/mol. The van der Waals surface area contributed by atoms with Gasteiger partial charge in [0.1, 0.15) is 29.9 Å². The first-order chi connectivity index (χ1) is 14.1. The van der Waals surface area contributed by atoms with Gasteiger partial charge in [-0.15, -0.1) is 0 Å². The Labute approximate surface area is 176 Å². The summed E-state index contributed by atoms with van der Waals surface area (Å²) in [6.45, 7) is 7.16. The van der Waals surface area contributed by atoms with Crippen LogP contribution in [0.1, 0.15) is 37.5 Å². The van der Waals surface area contributed by atoms with E-state index in [1.807, 2.05) is 11.9 Å². The van der Waals surface area contributed by atoms with Crippen molar-refractivity contribution in [1.29, 1.82) is 0 Å². The van der Waals surface area contributed by atoms with E-state index < -0.39 is 17.2 Å². The fraction of sp³-hybridized carbons (Fsp3) is 0.391. The van der Waals surface area contributed by atoms with Crippen LogP contribution in [-0.4, -0.2) is 38.4 Å². The van der Waals surface area contributed by atoms with Gasteiger partial charge < -0.3 is 5.11 Å². The molecular weight excluding hydrogens is 386 g/mol. The lowest BCUT2D eigenvalue weighted by molar-refractivity contribution is -0.0175. The molecule has 5 nitrogen and oxygen atoms in total. The quantitative estimate of drug-likeness (QED) is 0.638. The largest absolute Gasteiger partial charge is 0.382 e. The van der Waals surface area contributed by atoms with Crippen LogP contribution in [0.2, 0.25) is 0 Å². The minimum absolute atomic E-state index is 0.0111. The molecule has 30 heavy (non-hydrogen) atoms. The smallest absolute Gasteiger partial charge is 0.137 e. The molecule has 0 aliphatic rings. The van der Waals surface area contributed by atoms with E-state index in [1.54, 1.807) is 0 Å². The number of benzene rings is 2. The molecule has 1 unspecified atom stereocenters. The maximum absolute atomic E-state index is 14.5. The minimum atomic E-state index is -1.62. The predicted octanol–water partition coefficient (Wildman–Crippen LogP) is 3.87. The lowest BCUT2D eigenvalue weighted by Crippen LogP contribution is -2.43. The second-order valence-corrected chi connectivity index (χ2v) is 8.87. The van der Waals surface area contributed by atoms with Crippen molar-refractivity contribution in [3.8, 4) is 0 Å². The summed E-state index contributed by atoms with van der Waals surface area (Å²) in [5, 5.41) is 15.5. The monoisotopic (exact) mass is 414 g/mol. The maximum Gasteiger partial charge on any atom is 0.137 e. The lowest BCUT2D eigenvalue weighted by atomic mass is 9.86. The summed E-state index contributed by atoms with van der Waals surface area (Å²) < 4.78 is 29.4. The second kappa shape index (κ2) is 8.62. The van der Waals surface area contributed by atoms with Crippen LogP contribution in [0.15, 0.2) is 55.1 Å². The molecule has 160 valence electrons. The third kappa shape index (κ3) is 5.29. The third-order valence-corrected chi connectivity index (χ3v) is 5.13. The Morgan fingerprint density at radius 2 is 1.77 bits per heavy atom. The van der Waals surface area contributed by atoms with E-state index in [4.69, 9.17) is 0 Å². The number of rotatable bonds is 7. The van der Waals surface area contributed by atoms with Crippen molar-refractivity contribution in [2.45, 2.75) is 44.9 Å². The van der Waals surface area contributed by atoms with E-state index in [9.17, 15) is 13.9 Å². The van der Waals surface area contributed by atoms with Gasteiger partial charge >= 0.3 is 0 Å². The van der Waals surface area contributed by atoms with Crippen LogP contribution in [0.5, 0.6) is 0 Å². The molecule has 0 amide bonds. The second-order valence-electron chi connectivity index (χ2n) is 8.87. The SMILES string of the molecule is CN(Cc1ccc(C(C)(C)C)cc1)CC(O)(Cn1cncn1)c1ccc(F)cc1F. The molecule has 0 aliphatic heterocycles. The fourth-order valence-corrected chi connectivity index (χ4v) is 3.59. The molecule has 0 radical (unpaired) electrons. The van der Waals surface area contributed by atoms with Crippen molar-refractivity contribution < 1.29 is 13.9 Å².